The van der Waals surface area contributed by atoms with Gasteiger partial charge in [0.1, 0.15) is 12.4 Å². The molecule has 112 valence electrons. The van der Waals surface area contributed by atoms with E-state index in [-0.39, 0.29) is 0 Å². The van der Waals surface area contributed by atoms with Crippen LogP contribution in [0.4, 0.5) is 0 Å². The Balaban J connectivity index is 1.54. The number of ether oxygens (including phenoxy) is 2. The third kappa shape index (κ3) is 5.51. The summed E-state index contributed by atoms with van der Waals surface area (Å²) < 4.78 is 11.4. The van der Waals surface area contributed by atoms with E-state index in [4.69, 9.17) is 9.47 Å². The highest BCUT2D eigenvalue weighted by Crippen LogP contribution is 2.15. The van der Waals surface area contributed by atoms with E-state index in [2.05, 4.69) is 36.9 Å². The normalized spacial score (nSPS) is 16.3. The van der Waals surface area contributed by atoms with Gasteiger partial charge >= 0.3 is 0 Å². The SMILES string of the molecule is Cc1cc(C)cc(OCCOCCN2CCCCC2)c1. The lowest BCUT2D eigenvalue weighted by Crippen LogP contribution is -2.32. The second-order valence-electron chi connectivity index (χ2n) is 5.69. The zero-order valence-corrected chi connectivity index (χ0v) is 12.9. The second-order valence-corrected chi connectivity index (χ2v) is 5.69. The summed E-state index contributed by atoms with van der Waals surface area (Å²) in [5.74, 6) is 0.946. The summed E-state index contributed by atoms with van der Waals surface area (Å²) in [5.41, 5.74) is 2.48. The van der Waals surface area contributed by atoms with E-state index in [0.717, 1.165) is 18.9 Å². The molecule has 1 aliphatic heterocycles. The largest absolute Gasteiger partial charge is 0.491 e. The van der Waals surface area contributed by atoms with Gasteiger partial charge in [0.05, 0.1) is 13.2 Å². The number of hydrogen-bond donors (Lipinski definition) is 0. The molecule has 20 heavy (non-hydrogen) atoms. The summed E-state index contributed by atoms with van der Waals surface area (Å²) in [6.07, 6.45) is 4.08. The van der Waals surface area contributed by atoms with E-state index in [9.17, 15) is 0 Å². The van der Waals surface area contributed by atoms with Crippen molar-refractivity contribution in [2.75, 3.05) is 39.5 Å². The van der Waals surface area contributed by atoms with Crippen LogP contribution in [0.25, 0.3) is 0 Å². The summed E-state index contributed by atoms with van der Waals surface area (Å²) in [5, 5.41) is 0. The quantitative estimate of drug-likeness (QED) is 0.715. The molecule has 1 saturated heterocycles. The summed E-state index contributed by atoms with van der Waals surface area (Å²) >= 11 is 0. The molecule has 0 N–H and O–H groups in total. The molecule has 0 aliphatic carbocycles. The fourth-order valence-corrected chi connectivity index (χ4v) is 2.71. The van der Waals surface area contributed by atoms with Crippen LogP contribution in [-0.4, -0.2) is 44.4 Å². The molecule has 1 aromatic carbocycles. The van der Waals surface area contributed by atoms with Crippen molar-refractivity contribution in [2.45, 2.75) is 33.1 Å². The fraction of sp³-hybridized carbons (Fsp3) is 0.647. The maximum absolute atomic E-state index is 5.72. The van der Waals surface area contributed by atoms with Gasteiger partial charge in [-0.15, -0.1) is 0 Å². The molecule has 0 radical (unpaired) electrons. The van der Waals surface area contributed by atoms with Gasteiger partial charge < -0.3 is 14.4 Å². The predicted octanol–water partition coefficient (Wildman–Crippen LogP) is 3.18. The lowest BCUT2D eigenvalue weighted by Gasteiger charge is -2.26. The molecule has 0 spiro atoms. The van der Waals surface area contributed by atoms with Crippen LogP contribution >= 0.6 is 0 Å². The minimum atomic E-state index is 0.628. The number of likely N-dealkylation sites (tertiary alicyclic amines) is 1. The Morgan fingerprint density at radius 2 is 1.60 bits per heavy atom. The van der Waals surface area contributed by atoms with Gasteiger partial charge in [-0.3, -0.25) is 0 Å². The summed E-state index contributed by atoms with van der Waals surface area (Å²) in [7, 11) is 0. The van der Waals surface area contributed by atoms with E-state index in [1.807, 2.05) is 0 Å². The molecular weight excluding hydrogens is 250 g/mol. The van der Waals surface area contributed by atoms with Gasteiger partial charge in [-0.2, -0.15) is 0 Å². The summed E-state index contributed by atoms with van der Waals surface area (Å²) in [6.45, 7) is 9.83. The second kappa shape index (κ2) is 8.28. The molecule has 3 heteroatoms. The Labute approximate surface area is 122 Å². The first kappa shape index (κ1) is 15.3. The van der Waals surface area contributed by atoms with E-state index >= 15 is 0 Å². The Morgan fingerprint density at radius 3 is 2.30 bits per heavy atom. The number of benzene rings is 1. The Kier molecular flexibility index (Phi) is 6.34. The van der Waals surface area contributed by atoms with Crippen LogP contribution in [0.2, 0.25) is 0 Å². The predicted molar refractivity (Wildman–Crippen MR) is 82.5 cm³/mol. The third-order valence-electron chi connectivity index (χ3n) is 3.69. The van der Waals surface area contributed by atoms with Crippen molar-refractivity contribution in [2.24, 2.45) is 0 Å². The van der Waals surface area contributed by atoms with Crippen LogP contribution in [0.1, 0.15) is 30.4 Å². The number of hydrogen-bond acceptors (Lipinski definition) is 3. The molecule has 0 aromatic heterocycles. The average molecular weight is 277 g/mol. The van der Waals surface area contributed by atoms with Crippen LogP contribution in [0.15, 0.2) is 18.2 Å². The lowest BCUT2D eigenvalue weighted by atomic mass is 10.1. The van der Waals surface area contributed by atoms with Crippen LogP contribution < -0.4 is 4.74 Å². The highest BCUT2D eigenvalue weighted by atomic mass is 16.5. The Bertz CT molecular complexity index is 380. The first-order chi connectivity index (χ1) is 9.74. The number of aryl methyl sites for hydroxylation is 2. The molecule has 3 nitrogen and oxygen atoms in total. The molecule has 2 rings (SSSR count). The minimum absolute atomic E-state index is 0.628. The van der Waals surface area contributed by atoms with Crippen molar-refractivity contribution in [1.82, 2.24) is 4.90 Å². The average Bonchev–Trinajstić information content (AvgIpc) is 2.43. The van der Waals surface area contributed by atoms with E-state index in [1.54, 1.807) is 0 Å². The van der Waals surface area contributed by atoms with Crippen LogP contribution in [0.5, 0.6) is 5.75 Å². The molecule has 1 aliphatic rings. The highest BCUT2D eigenvalue weighted by Gasteiger charge is 2.08. The zero-order chi connectivity index (χ0) is 14.2. The van der Waals surface area contributed by atoms with Crippen LogP contribution in [-0.2, 0) is 4.74 Å². The molecular formula is C17H27NO2. The van der Waals surface area contributed by atoms with Gasteiger partial charge in [0.25, 0.3) is 0 Å². The van der Waals surface area contributed by atoms with Gasteiger partial charge in [0.15, 0.2) is 0 Å². The third-order valence-corrected chi connectivity index (χ3v) is 3.69. The maximum Gasteiger partial charge on any atom is 0.119 e. The highest BCUT2D eigenvalue weighted by molar-refractivity contribution is 5.32. The van der Waals surface area contributed by atoms with Crippen molar-refractivity contribution < 1.29 is 9.47 Å². The Morgan fingerprint density at radius 1 is 0.900 bits per heavy atom. The van der Waals surface area contributed by atoms with Crippen LogP contribution in [0, 0.1) is 13.8 Å². The number of nitrogens with zero attached hydrogens (tertiary/aromatic N) is 1. The molecule has 0 atom stereocenters. The zero-order valence-electron chi connectivity index (χ0n) is 12.9. The lowest BCUT2D eigenvalue weighted by molar-refractivity contribution is 0.0750. The minimum Gasteiger partial charge on any atom is -0.491 e. The first-order valence-electron chi connectivity index (χ1n) is 7.75. The van der Waals surface area contributed by atoms with Crippen LogP contribution in [0.3, 0.4) is 0 Å². The van der Waals surface area contributed by atoms with Gasteiger partial charge in [-0.25, -0.2) is 0 Å². The van der Waals surface area contributed by atoms with Crippen molar-refractivity contribution in [1.29, 1.82) is 0 Å². The van der Waals surface area contributed by atoms with E-state index < -0.39 is 0 Å². The molecule has 1 fully saturated rings. The molecule has 0 bridgehead atoms. The van der Waals surface area contributed by atoms with Crippen molar-refractivity contribution in [3.8, 4) is 5.75 Å². The van der Waals surface area contributed by atoms with Gasteiger partial charge in [0.2, 0.25) is 0 Å². The van der Waals surface area contributed by atoms with E-state index in [0.29, 0.717) is 13.2 Å². The number of rotatable bonds is 7. The van der Waals surface area contributed by atoms with Crippen molar-refractivity contribution >= 4 is 0 Å². The van der Waals surface area contributed by atoms with Crippen molar-refractivity contribution in [3.05, 3.63) is 29.3 Å². The van der Waals surface area contributed by atoms with E-state index in [1.165, 1.54) is 43.5 Å². The maximum atomic E-state index is 5.72. The van der Waals surface area contributed by atoms with Crippen molar-refractivity contribution in [3.63, 3.8) is 0 Å². The summed E-state index contributed by atoms with van der Waals surface area (Å²) in [4.78, 5) is 2.49. The molecule has 0 amide bonds. The topological polar surface area (TPSA) is 21.7 Å². The number of piperidine rings is 1. The monoisotopic (exact) mass is 277 g/mol. The fourth-order valence-electron chi connectivity index (χ4n) is 2.71. The molecule has 1 heterocycles. The van der Waals surface area contributed by atoms with Gasteiger partial charge in [0, 0.05) is 6.54 Å². The molecule has 0 unspecified atom stereocenters. The summed E-state index contributed by atoms with van der Waals surface area (Å²) in [6, 6.07) is 6.30. The first-order valence-corrected chi connectivity index (χ1v) is 7.75. The smallest absolute Gasteiger partial charge is 0.119 e. The van der Waals surface area contributed by atoms with Gasteiger partial charge in [-0.05, 0) is 63.0 Å². The Hall–Kier alpha value is -1.06. The standard InChI is InChI=1S/C17H27NO2/c1-15-12-16(2)14-17(13-15)20-11-10-19-9-8-18-6-4-3-5-7-18/h12-14H,3-11H2,1-2H3. The van der Waals surface area contributed by atoms with Gasteiger partial charge in [-0.1, -0.05) is 12.5 Å². The molecule has 1 aromatic rings. The molecule has 0 saturated carbocycles.